The second-order valence-electron chi connectivity index (χ2n) is 4.52. The largest absolute Gasteiger partial charge is 0.341 e. The maximum absolute atomic E-state index is 12.2. The smallest absolute Gasteiger partial charge is 0.318 e. The number of carbonyl (C=O) groups is 1. The molecule has 0 aliphatic heterocycles. The van der Waals surface area contributed by atoms with Gasteiger partial charge in [-0.05, 0) is 48.5 Å². The van der Waals surface area contributed by atoms with Crippen molar-refractivity contribution in [2.75, 3.05) is 17.1 Å². The van der Waals surface area contributed by atoms with Crippen molar-refractivity contribution in [1.82, 2.24) is 5.32 Å². The number of hydrogen-bond donors (Lipinski definition) is 3. The van der Waals surface area contributed by atoms with Crippen LogP contribution in [0.5, 0.6) is 0 Å². The molecule has 0 unspecified atom stereocenters. The molecule has 0 atom stereocenters. The Labute approximate surface area is 134 Å². The summed E-state index contributed by atoms with van der Waals surface area (Å²) in [4.78, 5) is 11.2. The quantitative estimate of drug-likeness (QED) is 0.797. The Balaban J connectivity index is 2.13. The molecular formula is C15H14N4O3S. The van der Waals surface area contributed by atoms with Crippen molar-refractivity contribution in [2.24, 2.45) is 0 Å². The average molecular weight is 330 g/mol. The van der Waals surface area contributed by atoms with Gasteiger partial charge in [-0.3, -0.25) is 4.72 Å². The zero-order valence-corrected chi connectivity index (χ0v) is 13.0. The van der Waals surface area contributed by atoms with E-state index in [1.54, 1.807) is 12.1 Å². The van der Waals surface area contributed by atoms with Crippen LogP contribution in [0.3, 0.4) is 0 Å². The molecule has 0 fully saturated rings. The molecule has 0 bridgehead atoms. The highest BCUT2D eigenvalue weighted by Gasteiger charge is 2.14. The van der Waals surface area contributed by atoms with E-state index in [-0.39, 0.29) is 10.9 Å². The molecule has 2 aromatic carbocycles. The van der Waals surface area contributed by atoms with E-state index in [4.69, 9.17) is 5.26 Å². The highest BCUT2D eigenvalue weighted by Crippen LogP contribution is 2.18. The molecule has 2 aromatic rings. The van der Waals surface area contributed by atoms with Gasteiger partial charge in [0, 0.05) is 18.4 Å². The van der Waals surface area contributed by atoms with Crippen LogP contribution in [0, 0.1) is 11.3 Å². The molecule has 3 N–H and O–H groups in total. The SMILES string of the molecule is CNC(=O)Nc1ccc(NS(=O)(=O)c2ccc(C#N)cc2)cc1. The van der Waals surface area contributed by atoms with Gasteiger partial charge in [-0.25, -0.2) is 13.2 Å². The minimum absolute atomic E-state index is 0.0593. The lowest BCUT2D eigenvalue weighted by molar-refractivity contribution is 0.254. The maximum Gasteiger partial charge on any atom is 0.318 e. The van der Waals surface area contributed by atoms with E-state index in [1.807, 2.05) is 6.07 Å². The lowest BCUT2D eigenvalue weighted by Crippen LogP contribution is -2.24. The molecule has 8 heteroatoms. The Morgan fingerprint density at radius 2 is 1.57 bits per heavy atom. The van der Waals surface area contributed by atoms with Crippen LogP contribution in [-0.2, 0) is 10.0 Å². The molecule has 0 saturated heterocycles. The van der Waals surface area contributed by atoms with Crippen LogP contribution in [0.15, 0.2) is 53.4 Å². The van der Waals surface area contributed by atoms with E-state index < -0.39 is 10.0 Å². The average Bonchev–Trinajstić information content (AvgIpc) is 2.56. The molecule has 0 aromatic heterocycles. The topological polar surface area (TPSA) is 111 Å². The van der Waals surface area contributed by atoms with E-state index in [2.05, 4.69) is 15.4 Å². The van der Waals surface area contributed by atoms with Gasteiger partial charge in [-0.2, -0.15) is 5.26 Å². The fourth-order valence-electron chi connectivity index (χ4n) is 1.74. The molecule has 0 heterocycles. The van der Waals surface area contributed by atoms with Gasteiger partial charge in [0.15, 0.2) is 0 Å². The summed E-state index contributed by atoms with van der Waals surface area (Å²) in [5, 5.41) is 13.7. The number of anilines is 2. The molecule has 0 radical (unpaired) electrons. The highest BCUT2D eigenvalue weighted by molar-refractivity contribution is 7.92. The Morgan fingerprint density at radius 3 is 2.09 bits per heavy atom. The zero-order chi connectivity index (χ0) is 16.9. The minimum atomic E-state index is -3.74. The van der Waals surface area contributed by atoms with Crippen LogP contribution in [0.25, 0.3) is 0 Å². The summed E-state index contributed by atoms with van der Waals surface area (Å²) in [6.07, 6.45) is 0. The first kappa shape index (κ1) is 16.3. The highest BCUT2D eigenvalue weighted by atomic mass is 32.2. The molecule has 2 rings (SSSR count). The predicted molar refractivity (Wildman–Crippen MR) is 86.5 cm³/mol. The lowest BCUT2D eigenvalue weighted by Gasteiger charge is -2.09. The summed E-state index contributed by atoms with van der Waals surface area (Å²) >= 11 is 0. The minimum Gasteiger partial charge on any atom is -0.341 e. The van der Waals surface area contributed by atoms with Crippen molar-refractivity contribution in [3.8, 4) is 6.07 Å². The normalized spacial score (nSPS) is 10.4. The van der Waals surface area contributed by atoms with E-state index in [0.717, 1.165) is 0 Å². The third-order valence-corrected chi connectivity index (χ3v) is 4.31. The Hall–Kier alpha value is -3.05. The third-order valence-electron chi connectivity index (χ3n) is 2.92. The number of nitrogens with one attached hydrogen (secondary N) is 3. The van der Waals surface area contributed by atoms with Crippen LogP contribution < -0.4 is 15.4 Å². The summed E-state index contributed by atoms with van der Waals surface area (Å²) in [5.74, 6) is 0. The monoisotopic (exact) mass is 330 g/mol. The zero-order valence-electron chi connectivity index (χ0n) is 12.2. The van der Waals surface area contributed by atoms with E-state index >= 15 is 0 Å². The molecule has 0 spiro atoms. The fraction of sp³-hybridized carbons (Fsp3) is 0.0667. The first-order valence-electron chi connectivity index (χ1n) is 6.56. The van der Waals surface area contributed by atoms with Gasteiger partial charge in [-0.1, -0.05) is 0 Å². The summed E-state index contributed by atoms with van der Waals surface area (Å²) < 4.78 is 26.9. The van der Waals surface area contributed by atoms with Crippen LogP contribution in [0.1, 0.15) is 5.56 Å². The predicted octanol–water partition coefficient (Wildman–Crippen LogP) is 2.11. The summed E-state index contributed by atoms with van der Waals surface area (Å²) in [6, 6.07) is 13.4. The standard InChI is InChI=1S/C15H14N4O3S/c1-17-15(20)18-12-4-6-13(7-5-12)19-23(21,22)14-8-2-11(10-16)3-9-14/h2-9,19H,1H3,(H2,17,18,20). The molecule has 118 valence electrons. The van der Waals surface area contributed by atoms with Crippen LogP contribution >= 0.6 is 0 Å². The van der Waals surface area contributed by atoms with Crippen molar-refractivity contribution >= 4 is 27.4 Å². The van der Waals surface area contributed by atoms with Gasteiger partial charge < -0.3 is 10.6 Å². The third kappa shape index (κ3) is 4.21. The summed E-state index contributed by atoms with van der Waals surface area (Å²) in [7, 11) is -2.24. The fourth-order valence-corrected chi connectivity index (χ4v) is 2.80. The van der Waals surface area contributed by atoms with E-state index in [9.17, 15) is 13.2 Å². The van der Waals surface area contributed by atoms with Crippen LogP contribution in [0.4, 0.5) is 16.2 Å². The van der Waals surface area contributed by atoms with Crippen molar-refractivity contribution in [3.63, 3.8) is 0 Å². The Bertz CT molecular complexity index is 838. The van der Waals surface area contributed by atoms with Crippen molar-refractivity contribution in [2.45, 2.75) is 4.90 Å². The van der Waals surface area contributed by atoms with E-state index in [0.29, 0.717) is 16.9 Å². The first-order valence-corrected chi connectivity index (χ1v) is 8.05. The van der Waals surface area contributed by atoms with Gasteiger partial charge in [0.2, 0.25) is 0 Å². The number of amides is 2. The molecule has 0 aliphatic carbocycles. The number of rotatable bonds is 4. The van der Waals surface area contributed by atoms with Gasteiger partial charge >= 0.3 is 6.03 Å². The Kier molecular flexibility index (Phi) is 4.83. The van der Waals surface area contributed by atoms with Gasteiger partial charge in [-0.15, -0.1) is 0 Å². The maximum atomic E-state index is 12.2. The number of nitriles is 1. The summed E-state index contributed by atoms with van der Waals surface area (Å²) in [5.41, 5.74) is 1.27. The molecule has 0 aliphatic rings. The van der Waals surface area contributed by atoms with Gasteiger partial charge in [0.05, 0.1) is 16.5 Å². The van der Waals surface area contributed by atoms with Crippen molar-refractivity contribution in [3.05, 3.63) is 54.1 Å². The van der Waals surface area contributed by atoms with Crippen molar-refractivity contribution in [1.29, 1.82) is 5.26 Å². The molecule has 7 nitrogen and oxygen atoms in total. The van der Waals surface area contributed by atoms with Gasteiger partial charge in [0.1, 0.15) is 0 Å². The number of urea groups is 1. The second-order valence-corrected chi connectivity index (χ2v) is 6.21. The molecular weight excluding hydrogens is 316 g/mol. The van der Waals surface area contributed by atoms with Gasteiger partial charge in [0.25, 0.3) is 10.0 Å². The number of sulfonamides is 1. The molecule has 23 heavy (non-hydrogen) atoms. The summed E-state index contributed by atoms with van der Waals surface area (Å²) in [6.45, 7) is 0. The number of benzene rings is 2. The molecule has 2 amide bonds. The number of carbonyl (C=O) groups excluding carboxylic acids is 1. The number of nitrogens with zero attached hydrogens (tertiary/aromatic N) is 1. The molecule has 0 saturated carbocycles. The van der Waals surface area contributed by atoms with Crippen LogP contribution in [0.2, 0.25) is 0 Å². The number of hydrogen-bond acceptors (Lipinski definition) is 4. The Morgan fingerprint density at radius 1 is 1.00 bits per heavy atom. The first-order chi connectivity index (χ1) is 10.9. The lowest BCUT2D eigenvalue weighted by atomic mass is 10.2. The van der Waals surface area contributed by atoms with E-state index in [1.165, 1.54) is 43.4 Å². The van der Waals surface area contributed by atoms with Crippen LogP contribution in [-0.4, -0.2) is 21.5 Å². The second kappa shape index (κ2) is 6.81. The van der Waals surface area contributed by atoms with Crippen molar-refractivity contribution < 1.29 is 13.2 Å².